The van der Waals surface area contributed by atoms with Gasteiger partial charge in [-0.1, -0.05) is 78.4 Å². The highest BCUT2D eigenvalue weighted by molar-refractivity contribution is 5.79. The highest BCUT2D eigenvalue weighted by atomic mass is 16.5. The Morgan fingerprint density at radius 2 is 1.38 bits per heavy atom. The van der Waals surface area contributed by atoms with E-state index in [2.05, 4.69) is 19.2 Å². The average Bonchev–Trinajstić information content (AvgIpc) is 2.96. The van der Waals surface area contributed by atoms with Crippen molar-refractivity contribution in [2.24, 2.45) is 17.6 Å². The number of hydrogen-bond acceptors (Lipinski definition) is 5. The van der Waals surface area contributed by atoms with Gasteiger partial charge in [-0.05, 0) is 49.6 Å². The van der Waals surface area contributed by atoms with Crippen LogP contribution < -0.4 is 25.3 Å². The van der Waals surface area contributed by atoms with E-state index in [0.717, 1.165) is 55.4 Å². The van der Waals surface area contributed by atoms with Crippen molar-refractivity contribution in [3.05, 3.63) is 53.6 Å². The molecule has 1 unspecified atom stereocenters. The number of methoxy groups -OCH3 is 2. The minimum atomic E-state index is -0.331. The van der Waals surface area contributed by atoms with E-state index < -0.39 is 0 Å². The molecule has 0 aliphatic rings. The van der Waals surface area contributed by atoms with Crippen LogP contribution in [0.2, 0.25) is 0 Å². The Labute approximate surface area is 242 Å². The second-order valence-corrected chi connectivity index (χ2v) is 10.2. The molecule has 0 bridgehead atoms. The molecule has 0 saturated carbocycles. The van der Waals surface area contributed by atoms with Gasteiger partial charge in [0.25, 0.3) is 0 Å². The van der Waals surface area contributed by atoms with Crippen molar-refractivity contribution < 1.29 is 23.8 Å². The van der Waals surface area contributed by atoms with E-state index in [9.17, 15) is 9.59 Å². The molecule has 2 amide bonds. The van der Waals surface area contributed by atoms with Crippen molar-refractivity contribution in [3.8, 4) is 17.2 Å². The molecule has 0 aliphatic heterocycles. The Bertz CT molecular complexity index is 993. The lowest BCUT2D eigenvalue weighted by molar-refractivity contribution is -0.125. The first kappa shape index (κ1) is 34.8. The predicted molar refractivity (Wildman–Crippen MR) is 163 cm³/mol. The van der Waals surface area contributed by atoms with Crippen LogP contribution in [-0.2, 0) is 9.59 Å². The van der Waals surface area contributed by atoms with Crippen LogP contribution in [0.1, 0.15) is 103 Å². The Balaban J connectivity index is 0.000000680. The Morgan fingerprint density at radius 1 is 0.800 bits per heavy atom. The van der Waals surface area contributed by atoms with Crippen LogP contribution in [-0.4, -0.2) is 32.6 Å². The SMILES string of the molecule is CCCCC[C@H](C)C(=O)NC(c1ccc(OCC)cc1)c1ccc(OC)cc1OC.CCCCC[C@H](C)C(N)=O. The molecular formula is C33H52N2O5. The number of hydrogen-bond donors (Lipinski definition) is 2. The van der Waals surface area contributed by atoms with Crippen molar-refractivity contribution in [2.75, 3.05) is 20.8 Å². The molecule has 224 valence electrons. The summed E-state index contributed by atoms with van der Waals surface area (Å²) in [7, 11) is 3.25. The van der Waals surface area contributed by atoms with Crippen molar-refractivity contribution >= 4 is 11.8 Å². The molecule has 3 atom stereocenters. The van der Waals surface area contributed by atoms with Crippen LogP contribution in [0, 0.1) is 11.8 Å². The smallest absolute Gasteiger partial charge is 0.223 e. The lowest BCUT2D eigenvalue weighted by Gasteiger charge is -2.24. The van der Waals surface area contributed by atoms with Crippen molar-refractivity contribution in [2.45, 2.75) is 92.0 Å². The van der Waals surface area contributed by atoms with Crippen LogP contribution in [0.25, 0.3) is 0 Å². The summed E-state index contributed by atoms with van der Waals surface area (Å²) in [5.74, 6) is 2.07. The van der Waals surface area contributed by atoms with E-state index in [1.807, 2.05) is 63.2 Å². The topological polar surface area (TPSA) is 99.9 Å². The van der Waals surface area contributed by atoms with Gasteiger partial charge in [0.15, 0.2) is 0 Å². The van der Waals surface area contributed by atoms with Gasteiger partial charge in [-0.2, -0.15) is 0 Å². The van der Waals surface area contributed by atoms with Gasteiger partial charge in [-0.3, -0.25) is 9.59 Å². The van der Waals surface area contributed by atoms with Crippen LogP contribution in [0.3, 0.4) is 0 Å². The minimum absolute atomic E-state index is 0.0443. The van der Waals surface area contributed by atoms with Gasteiger partial charge >= 0.3 is 0 Å². The van der Waals surface area contributed by atoms with Gasteiger partial charge < -0.3 is 25.3 Å². The summed E-state index contributed by atoms with van der Waals surface area (Å²) in [5, 5.41) is 3.24. The van der Waals surface area contributed by atoms with Crippen molar-refractivity contribution in [3.63, 3.8) is 0 Å². The zero-order valence-corrected chi connectivity index (χ0v) is 25.8. The molecule has 0 heterocycles. The van der Waals surface area contributed by atoms with Crippen LogP contribution in [0.4, 0.5) is 0 Å². The zero-order valence-electron chi connectivity index (χ0n) is 25.8. The standard InChI is InChI=1S/C25H35NO4.C8H17NO/c1-6-8-9-10-18(3)25(27)26-24(19-11-13-20(14-12-19)30-7-2)22-16-15-21(28-4)17-23(22)29-5;1-3-4-5-6-7(2)8(9)10/h11-18,24H,6-10H2,1-5H3,(H,26,27);7H,3-6H2,1-2H3,(H2,9,10)/t18-,24?;7-/m00/s1. The molecule has 0 fully saturated rings. The summed E-state index contributed by atoms with van der Waals surface area (Å²) >= 11 is 0. The van der Waals surface area contributed by atoms with Gasteiger partial charge in [0.1, 0.15) is 17.2 Å². The molecule has 0 radical (unpaired) electrons. The number of benzene rings is 2. The van der Waals surface area contributed by atoms with Gasteiger partial charge in [-0.15, -0.1) is 0 Å². The molecule has 2 aromatic rings. The number of carbonyl (C=O) groups is 2. The number of amides is 2. The Kier molecular flexibility index (Phi) is 17.2. The normalized spacial score (nSPS) is 12.8. The fourth-order valence-corrected chi connectivity index (χ4v) is 4.28. The molecule has 3 N–H and O–H groups in total. The Hall–Kier alpha value is -3.22. The largest absolute Gasteiger partial charge is 0.497 e. The molecule has 2 aromatic carbocycles. The summed E-state index contributed by atoms with van der Waals surface area (Å²) in [5.41, 5.74) is 6.93. The summed E-state index contributed by atoms with van der Waals surface area (Å²) in [6.45, 7) is 10.8. The number of unbranched alkanes of at least 4 members (excludes halogenated alkanes) is 4. The number of carbonyl (C=O) groups excluding carboxylic acids is 2. The fraction of sp³-hybridized carbons (Fsp3) is 0.576. The summed E-state index contributed by atoms with van der Waals surface area (Å²) < 4.78 is 16.5. The third-order valence-corrected chi connectivity index (χ3v) is 6.98. The summed E-state index contributed by atoms with van der Waals surface area (Å²) in [6, 6.07) is 13.2. The maximum absolute atomic E-state index is 13.0. The monoisotopic (exact) mass is 556 g/mol. The summed E-state index contributed by atoms with van der Waals surface area (Å²) in [6.07, 6.45) is 8.71. The maximum Gasteiger partial charge on any atom is 0.223 e. The van der Waals surface area contributed by atoms with E-state index in [0.29, 0.717) is 18.1 Å². The lowest BCUT2D eigenvalue weighted by Crippen LogP contribution is -2.33. The molecule has 0 spiro atoms. The average molecular weight is 557 g/mol. The second-order valence-electron chi connectivity index (χ2n) is 10.2. The number of rotatable bonds is 17. The molecule has 7 nitrogen and oxygen atoms in total. The van der Waals surface area contributed by atoms with E-state index in [4.69, 9.17) is 19.9 Å². The number of nitrogens with one attached hydrogen (secondary N) is 1. The van der Waals surface area contributed by atoms with E-state index in [1.165, 1.54) is 12.8 Å². The number of primary amides is 1. The molecule has 0 aromatic heterocycles. The van der Waals surface area contributed by atoms with E-state index >= 15 is 0 Å². The molecule has 0 saturated heterocycles. The lowest BCUT2D eigenvalue weighted by atomic mass is 9.95. The number of ether oxygens (including phenoxy) is 3. The summed E-state index contributed by atoms with van der Waals surface area (Å²) in [4.78, 5) is 23.5. The zero-order chi connectivity index (χ0) is 29.9. The third kappa shape index (κ3) is 12.3. The third-order valence-electron chi connectivity index (χ3n) is 6.98. The quantitative estimate of drug-likeness (QED) is 0.201. The Morgan fingerprint density at radius 3 is 1.88 bits per heavy atom. The minimum Gasteiger partial charge on any atom is -0.497 e. The van der Waals surface area contributed by atoms with Crippen LogP contribution in [0.15, 0.2) is 42.5 Å². The van der Waals surface area contributed by atoms with Crippen molar-refractivity contribution in [1.29, 1.82) is 0 Å². The highest BCUT2D eigenvalue weighted by Crippen LogP contribution is 2.34. The first-order valence-corrected chi connectivity index (χ1v) is 14.8. The van der Waals surface area contributed by atoms with E-state index in [1.54, 1.807) is 14.2 Å². The fourth-order valence-electron chi connectivity index (χ4n) is 4.28. The maximum atomic E-state index is 13.0. The number of nitrogens with two attached hydrogens (primary N) is 1. The van der Waals surface area contributed by atoms with E-state index in [-0.39, 0.29) is 29.7 Å². The van der Waals surface area contributed by atoms with Gasteiger partial charge in [0.05, 0.1) is 26.9 Å². The van der Waals surface area contributed by atoms with Gasteiger partial charge in [0, 0.05) is 23.5 Å². The molecule has 7 heteroatoms. The molecule has 2 rings (SSSR count). The highest BCUT2D eigenvalue weighted by Gasteiger charge is 2.23. The molecule has 40 heavy (non-hydrogen) atoms. The van der Waals surface area contributed by atoms with Crippen molar-refractivity contribution in [1.82, 2.24) is 5.32 Å². The first-order valence-electron chi connectivity index (χ1n) is 14.8. The molecule has 0 aliphatic carbocycles. The first-order chi connectivity index (χ1) is 19.2. The van der Waals surface area contributed by atoms with Crippen LogP contribution >= 0.6 is 0 Å². The van der Waals surface area contributed by atoms with Gasteiger partial charge in [0.2, 0.25) is 11.8 Å². The van der Waals surface area contributed by atoms with Crippen LogP contribution in [0.5, 0.6) is 17.2 Å². The molecular weight excluding hydrogens is 504 g/mol. The second kappa shape index (κ2) is 19.8. The predicted octanol–water partition coefficient (Wildman–Crippen LogP) is 7.21. The van der Waals surface area contributed by atoms with Gasteiger partial charge in [-0.25, -0.2) is 0 Å².